The van der Waals surface area contributed by atoms with Gasteiger partial charge in [-0.05, 0) is 30.2 Å². The number of carbonyl (C=O) groups is 1. The standard InChI is InChI=1S/C16H15N3O/c1-11-5-2-3-6-12(11)9-17-16(20)13-7-4-8-14-15(13)19-10-18-14/h2-8,10H,9H2,1H3,(H,17,20)(H,18,19). The second-order valence-electron chi connectivity index (χ2n) is 4.71. The molecule has 1 aromatic heterocycles. The molecule has 3 rings (SSSR count). The molecule has 0 saturated heterocycles. The minimum atomic E-state index is -0.106. The number of aromatic nitrogens is 2. The summed E-state index contributed by atoms with van der Waals surface area (Å²) in [4.78, 5) is 19.5. The van der Waals surface area contributed by atoms with Crippen LogP contribution in [0.1, 0.15) is 21.5 Å². The van der Waals surface area contributed by atoms with Gasteiger partial charge in [-0.25, -0.2) is 4.98 Å². The van der Waals surface area contributed by atoms with Crippen molar-refractivity contribution in [3.63, 3.8) is 0 Å². The second kappa shape index (κ2) is 5.17. The number of hydrogen-bond acceptors (Lipinski definition) is 2. The van der Waals surface area contributed by atoms with Crippen LogP contribution in [0.3, 0.4) is 0 Å². The number of aromatic amines is 1. The molecule has 0 unspecified atom stereocenters. The first kappa shape index (κ1) is 12.4. The van der Waals surface area contributed by atoms with Gasteiger partial charge in [0.05, 0.1) is 17.4 Å². The van der Waals surface area contributed by atoms with Gasteiger partial charge in [-0.1, -0.05) is 30.3 Å². The molecule has 1 heterocycles. The number of hydrogen-bond donors (Lipinski definition) is 2. The Morgan fingerprint density at radius 3 is 2.90 bits per heavy atom. The molecule has 0 radical (unpaired) electrons. The number of para-hydroxylation sites is 1. The van der Waals surface area contributed by atoms with Gasteiger partial charge < -0.3 is 10.3 Å². The van der Waals surface area contributed by atoms with Crippen molar-refractivity contribution >= 4 is 16.9 Å². The Bertz CT molecular complexity index is 761. The number of amides is 1. The summed E-state index contributed by atoms with van der Waals surface area (Å²) in [7, 11) is 0. The SMILES string of the molecule is Cc1ccccc1CNC(=O)c1cccc2[nH]cnc12. The van der Waals surface area contributed by atoms with E-state index in [0.717, 1.165) is 11.1 Å². The van der Waals surface area contributed by atoms with Crippen LogP contribution in [0.2, 0.25) is 0 Å². The molecule has 1 amide bonds. The van der Waals surface area contributed by atoms with Gasteiger partial charge in [0.15, 0.2) is 0 Å². The molecular weight excluding hydrogens is 250 g/mol. The quantitative estimate of drug-likeness (QED) is 0.765. The summed E-state index contributed by atoms with van der Waals surface area (Å²) in [5, 5.41) is 2.95. The topological polar surface area (TPSA) is 57.8 Å². The first-order valence-electron chi connectivity index (χ1n) is 6.50. The van der Waals surface area contributed by atoms with Crippen molar-refractivity contribution in [1.29, 1.82) is 0 Å². The van der Waals surface area contributed by atoms with Crippen LogP contribution in [-0.4, -0.2) is 15.9 Å². The number of rotatable bonds is 3. The highest BCUT2D eigenvalue weighted by atomic mass is 16.1. The summed E-state index contributed by atoms with van der Waals surface area (Å²) in [6.07, 6.45) is 1.60. The van der Waals surface area contributed by atoms with Gasteiger partial charge >= 0.3 is 0 Å². The van der Waals surface area contributed by atoms with Gasteiger partial charge in [-0.2, -0.15) is 0 Å². The molecule has 4 nitrogen and oxygen atoms in total. The summed E-state index contributed by atoms with van der Waals surface area (Å²) in [6.45, 7) is 2.56. The lowest BCUT2D eigenvalue weighted by Gasteiger charge is -2.08. The van der Waals surface area contributed by atoms with Crippen molar-refractivity contribution < 1.29 is 4.79 Å². The van der Waals surface area contributed by atoms with Crippen molar-refractivity contribution in [2.45, 2.75) is 13.5 Å². The van der Waals surface area contributed by atoms with E-state index in [1.54, 1.807) is 12.4 Å². The van der Waals surface area contributed by atoms with Gasteiger partial charge in [0, 0.05) is 6.54 Å². The number of nitrogens with one attached hydrogen (secondary N) is 2. The Balaban J connectivity index is 1.80. The Morgan fingerprint density at radius 1 is 1.20 bits per heavy atom. The molecule has 20 heavy (non-hydrogen) atoms. The monoisotopic (exact) mass is 265 g/mol. The van der Waals surface area contributed by atoms with Crippen LogP contribution in [-0.2, 0) is 6.54 Å². The third-order valence-electron chi connectivity index (χ3n) is 3.40. The van der Waals surface area contributed by atoms with Crippen LogP contribution in [0.15, 0.2) is 48.8 Å². The molecule has 2 N–H and O–H groups in total. The fourth-order valence-corrected chi connectivity index (χ4v) is 2.23. The van der Waals surface area contributed by atoms with E-state index in [9.17, 15) is 4.79 Å². The average molecular weight is 265 g/mol. The maximum Gasteiger partial charge on any atom is 0.253 e. The molecule has 4 heteroatoms. The number of imidazole rings is 1. The molecule has 0 aliphatic rings. The fraction of sp³-hybridized carbons (Fsp3) is 0.125. The third kappa shape index (κ3) is 2.28. The predicted molar refractivity (Wildman–Crippen MR) is 78.4 cm³/mol. The van der Waals surface area contributed by atoms with E-state index in [1.165, 1.54) is 5.56 Å². The van der Waals surface area contributed by atoms with E-state index in [0.29, 0.717) is 17.6 Å². The fourth-order valence-electron chi connectivity index (χ4n) is 2.23. The van der Waals surface area contributed by atoms with Crippen molar-refractivity contribution in [3.05, 3.63) is 65.5 Å². The van der Waals surface area contributed by atoms with Crippen LogP contribution < -0.4 is 5.32 Å². The van der Waals surface area contributed by atoms with Crippen molar-refractivity contribution in [2.24, 2.45) is 0 Å². The van der Waals surface area contributed by atoms with Crippen LogP contribution in [0.5, 0.6) is 0 Å². The summed E-state index contributed by atoms with van der Waals surface area (Å²) in [5.41, 5.74) is 4.46. The molecule has 0 spiro atoms. The van der Waals surface area contributed by atoms with Gasteiger partial charge in [-0.15, -0.1) is 0 Å². The van der Waals surface area contributed by atoms with Crippen molar-refractivity contribution in [1.82, 2.24) is 15.3 Å². The largest absolute Gasteiger partial charge is 0.348 e. The van der Waals surface area contributed by atoms with E-state index in [4.69, 9.17) is 0 Å². The van der Waals surface area contributed by atoms with Crippen LogP contribution in [0.25, 0.3) is 11.0 Å². The number of carbonyl (C=O) groups excluding carboxylic acids is 1. The maximum atomic E-state index is 12.3. The van der Waals surface area contributed by atoms with Crippen molar-refractivity contribution in [2.75, 3.05) is 0 Å². The summed E-state index contributed by atoms with van der Waals surface area (Å²) in [6, 6.07) is 13.6. The summed E-state index contributed by atoms with van der Waals surface area (Å²) < 4.78 is 0. The number of fused-ring (bicyclic) bond motifs is 1. The van der Waals surface area contributed by atoms with E-state index in [2.05, 4.69) is 15.3 Å². The lowest BCUT2D eigenvalue weighted by Crippen LogP contribution is -2.23. The minimum absolute atomic E-state index is 0.106. The molecule has 0 saturated carbocycles. The molecule has 0 aliphatic carbocycles. The number of benzene rings is 2. The summed E-state index contributed by atoms with van der Waals surface area (Å²) in [5.74, 6) is -0.106. The molecule has 2 aromatic carbocycles. The number of H-pyrrole nitrogens is 1. The minimum Gasteiger partial charge on any atom is -0.348 e. The van der Waals surface area contributed by atoms with Gasteiger partial charge in [0.25, 0.3) is 5.91 Å². The highest BCUT2D eigenvalue weighted by Crippen LogP contribution is 2.14. The first-order chi connectivity index (χ1) is 9.75. The lowest BCUT2D eigenvalue weighted by molar-refractivity contribution is 0.0952. The van der Waals surface area contributed by atoms with Crippen LogP contribution in [0.4, 0.5) is 0 Å². The Labute approximate surface area is 116 Å². The number of nitrogens with zero attached hydrogens (tertiary/aromatic N) is 1. The van der Waals surface area contributed by atoms with E-state index >= 15 is 0 Å². The second-order valence-corrected chi connectivity index (χ2v) is 4.71. The molecule has 100 valence electrons. The zero-order chi connectivity index (χ0) is 13.9. The molecule has 3 aromatic rings. The highest BCUT2D eigenvalue weighted by Gasteiger charge is 2.11. The smallest absolute Gasteiger partial charge is 0.253 e. The van der Waals surface area contributed by atoms with E-state index < -0.39 is 0 Å². The van der Waals surface area contributed by atoms with Gasteiger partial charge in [0.2, 0.25) is 0 Å². The van der Waals surface area contributed by atoms with E-state index in [-0.39, 0.29) is 5.91 Å². The Morgan fingerprint density at radius 2 is 2.05 bits per heavy atom. The van der Waals surface area contributed by atoms with Crippen LogP contribution >= 0.6 is 0 Å². The van der Waals surface area contributed by atoms with Crippen molar-refractivity contribution in [3.8, 4) is 0 Å². The first-order valence-corrected chi connectivity index (χ1v) is 6.50. The zero-order valence-electron chi connectivity index (χ0n) is 11.2. The predicted octanol–water partition coefficient (Wildman–Crippen LogP) is 2.80. The number of aryl methyl sites for hydroxylation is 1. The molecule has 0 fully saturated rings. The molecule has 0 bridgehead atoms. The molecular formula is C16H15N3O. The molecule has 0 aliphatic heterocycles. The van der Waals surface area contributed by atoms with Crippen LogP contribution in [0, 0.1) is 6.92 Å². The van der Waals surface area contributed by atoms with Gasteiger partial charge in [0.1, 0.15) is 5.52 Å². The summed E-state index contributed by atoms with van der Waals surface area (Å²) >= 11 is 0. The average Bonchev–Trinajstić information content (AvgIpc) is 2.94. The zero-order valence-corrected chi connectivity index (χ0v) is 11.2. The highest BCUT2D eigenvalue weighted by molar-refractivity contribution is 6.04. The normalized spacial score (nSPS) is 10.7. The Kier molecular flexibility index (Phi) is 3.21. The van der Waals surface area contributed by atoms with Gasteiger partial charge in [-0.3, -0.25) is 4.79 Å². The van der Waals surface area contributed by atoms with E-state index in [1.807, 2.05) is 43.3 Å². The maximum absolute atomic E-state index is 12.3. The molecule has 0 atom stereocenters. The third-order valence-corrected chi connectivity index (χ3v) is 3.40. The lowest BCUT2D eigenvalue weighted by atomic mass is 10.1. The Hall–Kier alpha value is -2.62.